The van der Waals surface area contributed by atoms with Crippen molar-refractivity contribution in [2.75, 3.05) is 29.0 Å². The van der Waals surface area contributed by atoms with Gasteiger partial charge in [0.15, 0.2) is 0 Å². The molecule has 0 saturated heterocycles. The smallest absolute Gasteiger partial charge is 0.329 e. The summed E-state index contributed by atoms with van der Waals surface area (Å²) in [6.07, 6.45) is 8.06. The summed E-state index contributed by atoms with van der Waals surface area (Å²) >= 11 is 0. The van der Waals surface area contributed by atoms with Crippen LogP contribution in [0, 0.1) is 10.1 Å². The van der Waals surface area contributed by atoms with Gasteiger partial charge in [0.25, 0.3) is 0 Å². The molecule has 0 unspecified atom stereocenters. The van der Waals surface area contributed by atoms with E-state index >= 15 is 0 Å². The quantitative estimate of drug-likeness (QED) is 0.374. The number of nitro groups is 1. The molecule has 10 heteroatoms. The Morgan fingerprint density at radius 3 is 2.70 bits per heavy atom. The summed E-state index contributed by atoms with van der Waals surface area (Å²) in [4.78, 5) is 26.7. The monoisotopic (exact) mass is 316 g/mol. The third-order valence-electron chi connectivity index (χ3n) is 3.16. The molecule has 1 aliphatic rings. The number of nitrogens with zero attached hydrogens (tertiary/aromatic N) is 5. The predicted molar refractivity (Wildman–Crippen MR) is 84.3 cm³/mol. The molecule has 1 aliphatic carbocycles. The first-order chi connectivity index (χ1) is 11.2. The molecule has 0 amide bonds. The fourth-order valence-corrected chi connectivity index (χ4v) is 1.88. The Bertz CT molecular complexity index is 677. The third-order valence-corrected chi connectivity index (χ3v) is 3.16. The maximum Gasteiger partial charge on any atom is 0.329 e. The molecule has 0 atom stereocenters. The molecule has 0 aliphatic heterocycles. The Morgan fingerprint density at radius 1 is 1.17 bits per heavy atom. The molecule has 0 spiro atoms. The van der Waals surface area contributed by atoms with Crippen LogP contribution in [0.5, 0.6) is 0 Å². The number of rotatable bonds is 8. The lowest BCUT2D eigenvalue weighted by molar-refractivity contribution is -0.384. The molecule has 3 N–H and O–H groups in total. The van der Waals surface area contributed by atoms with Crippen LogP contribution in [0.15, 0.2) is 24.8 Å². The van der Waals surface area contributed by atoms with Gasteiger partial charge in [-0.15, -0.1) is 0 Å². The normalized spacial score (nSPS) is 13.4. The van der Waals surface area contributed by atoms with Crippen LogP contribution in [0.25, 0.3) is 0 Å². The van der Waals surface area contributed by atoms with Gasteiger partial charge in [0, 0.05) is 31.5 Å². The van der Waals surface area contributed by atoms with E-state index in [1.165, 1.54) is 6.20 Å². The van der Waals surface area contributed by atoms with Crippen LogP contribution in [-0.4, -0.2) is 44.0 Å². The average Bonchev–Trinajstić information content (AvgIpc) is 3.36. The zero-order chi connectivity index (χ0) is 16.1. The maximum atomic E-state index is 11.0. The van der Waals surface area contributed by atoms with Gasteiger partial charge in [0.2, 0.25) is 11.8 Å². The topological polar surface area (TPSA) is 131 Å². The zero-order valence-corrected chi connectivity index (χ0v) is 12.3. The Kier molecular flexibility index (Phi) is 4.41. The summed E-state index contributed by atoms with van der Waals surface area (Å²) in [6.45, 7) is 1.13. The first-order valence-electron chi connectivity index (χ1n) is 7.24. The molecular formula is C13H16N8O2. The van der Waals surface area contributed by atoms with E-state index in [9.17, 15) is 10.1 Å². The summed E-state index contributed by atoms with van der Waals surface area (Å²) in [7, 11) is 0. The lowest BCUT2D eigenvalue weighted by Gasteiger charge is -2.09. The van der Waals surface area contributed by atoms with E-state index < -0.39 is 4.92 Å². The molecule has 3 rings (SSSR count). The average molecular weight is 316 g/mol. The van der Waals surface area contributed by atoms with Crippen molar-refractivity contribution in [1.82, 2.24) is 19.9 Å². The second-order valence-corrected chi connectivity index (χ2v) is 5.05. The minimum atomic E-state index is -0.482. The Balaban J connectivity index is 1.55. The van der Waals surface area contributed by atoms with Gasteiger partial charge in [0.1, 0.15) is 12.0 Å². The van der Waals surface area contributed by atoms with Crippen LogP contribution in [-0.2, 0) is 0 Å². The molecule has 0 aromatic carbocycles. The van der Waals surface area contributed by atoms with Gasteiger partial charge in [-0.05, 0) is 12.8 Å². The van der Waals surface area contributed by atoms with Gasteiger partial charge < -0.3 is 16.0 Å². The van der Waals surface area contributed by atoms with Gasteiger partial charge in [-0.25, -0.2) is 9.97 Å². The van der Waals surface area contributed by atoms with E-state index in [1.807, 2.05) is 0 Å². The largest absolute Gasteiger partial charge is 0.367 e. The Hall–Kier alpha value is -3.04. The number of hydrogen-bond acceptors (Lipinski definition) is 9. The van der Waals surface area contributed by atoms with E-state index in [1.54, 1.807) is 18.6 Å². The summed E-state index contributed by atoms with van der Waals surface area (Å²) in [6, 6.07) is 0.273. The summed E-state index contributed by atoms with van der Waals surface area (Å²) in [5, 5.41) is 20.2. The van der Waals surface area contributed by atoms with Crippen molar-refractivity contribution in [2.45, 2.75) is 18.9 Å². The van der Waals surface area contributed by atoms with Gasteiger partial charge in [-0.2, -0.15) is 4.98 Å². The maximum absolute atomic E-state index is 11.0. The standard InChI is InChI=1S/C13H16N8O2/c22-21(23)10-7-18-13(20-12(10)19-9-1-2-9)17-6-5-16-11-8-14-3-4-15-11/h3-4,7-9H,1-2,5-6H2,(H,15,16)(H2,17,18,19,20). The summed E-state index contributed by atoms with van der Waals surface area (Å²) < 4.78 is 0. The molecule has 0 bridgehead atoms. The molecular weight excluding hydrogens is 300 g/mol. The van der Waals surface area contributed by atoms with Crippen molar-refractivity contribution in [3.05, 3.63) is 34.9 Å². The number of hydrogen-bond donors (Lipinski definition) is 3. The van der Waals surface area contributed by atoms with Crippen LogP contribution in [0.1, 0.15) is 12.8 Å². The number of aromatic nitrogens is 4. The first kappa shape index (κ1) is 14.9. The van der Waals surface area contributed by atoms with E-state index in [0.29, 0.717) is 24.9 Å². The van der Waals surface area contributed by atoms with Crippen LogP contribution in [0.2, 0.25) is 0 Å². The fraction of sp³-hybridized carbons (Fsp3) is 0.385. The first-order valence-corrected chi connectivity index (χ1v) is 7.24. The van der Waals surface area contributed by atoms with Gasteiger partial charge >= 0.3 is 5.69 Å². The molecule has 120 valence electrons. The van der Waals surface area contributed by atoms with Crippen molar-refractivity contribution in [2.24, 2.45) is 0 Å². The molecule has 0 radical (unpaired) electrons. The van der Waals surface area contributed by atoms with Crippen molar-refractivity contribution in [1.29, 1.82) is 0 Å². The second-order valence-electron chi connectivity index (χ2n) is 5.05. The van der Waals surface area contributed by atoms with Crippen LogP contribution >= 0.6 is 0 Å². The van der Waals surface area contributed by atoms with Crippen molar-refractivity contribution in [3.8, 4) is 0 Å². The molecule has 23 heavy (non-hydrogen) atoms. The fourth-order valence-electron chi connectivity index (χ4n) is 1.88. The second kappa shape index (κ2) is 6.81. The van der Waals surface area contributed by atoms with E-state index in [2.05, 4.69) is 35.9 Å². The van der Waals surface area contributed by atoms with Gasteiger partial charge in [0.05, 0.1) is 11.1 Å². The number of nitrogens with one attached hydrogen (secondary N) is 3. The van der Waals surface area contributed by atoms with Crippen LogP contribution in [0.4, 0.5) is 23.3 Å². The summed E-state index contributed by atoms with van der Waals surface area (Å²) in [5.74, 6) is 1.28. The lowest BCUT2D eigenvalue weighted by Crippen LogP contribution is -2.16. The Labute approximate surface area is 131 Å². The molecule has 10 nitrogen and oxygen atoms in total. The third kappa shape index (κ3) is 4.22. The lowest BCUT2D eigenvalue weighted by atomic mass is 10.4. The molecule has 2 aromatic heterocycles. The zero-order valence-electron chi connectivity index (χ0n) is 12.3. The van der Waals surface area contributed by atoms with Crippen molar-refractivity contribution < 1.29 is 4.92 Å². The van der Waals surface area contributed by atoms with Crippen LogP contribution in [0.3, 0.4) is 0 Å². The minimum Gasteiger partial charge on any atom is -0.367 e. The van der Waals surface area contributed by atoms with Gasteiger partial charge in [-0.1, -0.05) is 0 Å². The summed E-state index contributed by atoms with van der Waals surface area (Å²) in [5.41, 5.74) is -0.111. The highest BCUT2D eigenvalue weighted by atomic mass is 16.6. The van der Waals surface area contributed by atoms with Crippen molar-refractivity contribution in [3.63, 3.8) is 0 Å². The number of anilines is 3. The predicted octanol–water partition coefficient (Wildman–Crippen LogP) is 1.27. The highest BCUT2D eigenvalue weighted by Crippen LogP contribution is 2.29. The highest BCUT2D eigenvalue weighted by Gasteiger charge is 2.26. The van der Waals surface area contributed by atoms with Crippen LogP contribution < -0.4 is 16.0 Å². The molecule has 1 fully saturated rings. The van der Waals surface area contributed by atoms with E-state index in [-0.39, 0.29) is 17.5 Å². The minimum absolute atomic E-state index is 0.111. The molecule has 2 aromatic rings. The SMILES string of the molecule is O=[N+]([O-])c1cnc(NCCNc2cnccn2)nc1NC1CC1. The van der Waals surface area contributed by atoms with Gasteiger partial charge in [-0.3, -0.25) is 15.1 Å². The Morgan fingerprint density at radius 2 is 2.00 bits per heavy atom. The van der Waals surface area contributed by atoms with Crippen molar-refractivity contribution >= 4 is 23.3 Å². The molecule has 1 saturated carbocycles. The highest BCUT2D eigenvalue weighted by molar-refractivity contribution is 5.58. The molecule has 2 heterocycles. The van der Waals surface area contributed by atoms with E-state index in [4.69, 9.17) is 0 Å². The van der Waals surface area contributed by atoms with E-state index in [0.717, 1.165) is 12.8 Å².